The molecule has 92 valence electrons. The molecule has 2 fully saturated rings. The SMILES string of the molecule is Oc1ccc(C2CCC(C3CC3)CC2)cc1Cl. The zero-order chi connectivity index (χ0) is 11.8. The lowest BCUT2D eigenvalue weighted by atomic mass is 9.77. The van der Waals surface area contributed by atoms with Gasteiger partial charge >= 0.3 is 0 Å². The molecule has 2 aliphatic carbocycles. The van der Waals surface area contributed by atoms with Crippen molar-refractivity contribution in [2.75, 3.05) is 0 Å². The third-order valence-electron chi connectivity index (χ3n) is 4.50. The summed E-state index contributed by atoms with van der Waals surface area (Å²) in [5.74, 6) is 2.91. The maximum atomic E-state index is 9.43. The maximum Gasteiger partial charge on any atom is 0.134 e. The number of aromatic hydroxyl groups is 1. The fourth-order valence-electron chi connectivity index (χ4n) is 3.27. The fraction of sp³-hybridized carbons (Fsp3) is 0.600. The summed E-state index contributed by atoms with van der Waals surface area (Å²) in [5, 5.41) is 9.93. The molecule has 3 rings (SSSR count). The average molecular weight is 251 g/mol. The molecular formula is C15H19ClO. The number of hydrogen-bond acceptors (Lipinski definition) is 1. The lowest BCUT2D eigenvalue weighted by Crippen LogP contribution is -2.14. The Morgan fingerprint density at radius 1 is 0.941 bits per heavy atom. The summed E-state index contributed by atoms with van der Waals surface area (Å²) in [4.78, 5) is 0. The molecular weight excluding hydrogens is 232 g/mol. The molecule has 2 saturated carbocycles. The first kappa shape index (κ1) is 11.4. The highest BCUT2D eigenvalue weighted by Crippen LogP contribution is 2.47. The summed E-state index contributed by atoms with van der Waals surface area (Å²) < 4.78 is 0. The van der Waals surface area contributed by atoms with Crippen molar-refractivity contribution < 1.29 is 5.11 Å². The highest BCUT2D eigenvalue weighted by atomic mass is 35.5. The molecule has 2 aliphatic rings. The van der Waals surface area contributed by atoms with Crippen LogP contribution in [0.3, 0.4) is 0 Å². The van der Waals surface area contributed by atoms with Crippen LogP contribution in [0.2, 0.25) is 5.02 Å². The van der Waals surface area contributed by atoms with Gasteiger partial charge in [-0.05, 0) is 74.0 Å². The first-order valence-electron chi connectivity index (χ1n) is 6.72. The Kier molecular flexibility index (Phi) is 3.04. The quantitative estimate of drug-likeness (QED) is 0.805. The topological polar surface area (TPSA) is 20.2 Å². The van der Waals surface area contributed by atoms with E-state index in [1.165, 1.54) is 44.1 Å². The van der Waals surface area contributed by atoms with Crippen molar-refractivity contribution in [3.05, 3.63) is 28.8 Å². The molecule has 1 aromatic carbocycles. The highest BCUT2D eigenvalue weighted by Gasteiger charge is 2.34. The minimum Gasteiger partial charge on any atom is -0.506 e. The van der Waals surface area contributed by atoms with Gasteiger partial charge in [-0.1, -0.05) is 17.7 Å². The van der Waals surface area contributed by atoms with Crippen LogP contribution < -0.4 is 0 Å². The van der Waals surface area contributed by atoms with E-state index < -0.39 is 0 Å². The molecule has 0 spiro atoms. The van der Waals surface area contributed by atoms with Crippen LogP contribution in [0.1, 0.15) is 50.0 Å². The largest absolute Gasteiger partial charge is 0.506 e. The summed E-state index contributed by atoms with van der Waals surface area (Å²) in [7, 11) is 0. The monoisotopic (exact) mass is 250 g/mol. The van der Waals surface area contributed by atoms with Gasteiger partial charge in [0.15, 0.2) is 0 Å². The van der Waals surface area contributed by atoms with Gasteiger partial charge in [0.05, 0.1) is 5.02 Å². The standard InChI is InChI=1S/C15H19ClO/c16-14-9-13(7-8-15(14)17)12-5-3-11(4-6-12)10-1-2-10/h7-12,17H,1-6H2. The second-order valence-corrected chi connectivity index (χ2v) is 6.07. The van der Waals surface area contributed by atoms with Crippen LogP contribution in [0.5, 0.6) is 5.75 Å². The lowest BCUT2D eigenvalue weighted by Gasteiger charge is -2.29. The Morgan fingerprint density at radius 2 is 1.53 bits per heavy atom. The van der Waals surface area contributed by atoms with E-state index in [-0.39, 0.29) is 5.75 Å². The maximum absolute atomic E-state index is 9.43. The predicted molar refractivity (Wildman–Crippen MR) is 70.5 cm³/mol. The summed E-state index contributed by atoms with van der Waals surface area (Å²) in [6, 6.07) is 5.70. The molecule has 0 aliphatic heterocycles. The molecule has 0 radical (unpaired) electrons. The molecule has 0 amide bonds. The van der Waals surface area contributed by atoms with Crippen LogP contribution >= 0.6 is 11.6 Å². The van der Waals surface area contributed by atoms with Gasteiger partial charge in [-0.15, -0.1) is 0 Å². The van der Waals surface area contributed by atoms with Crippen molar-refractivity contribution in [1.29, 1.82) is 0 Å². The van der Waals surface area contributed by atoms with Crippen LogP contribution in [0.25, 0.3) is 0 Å². The number of phenols is 1. The van der Waals surface area contributed by atoms with E-state index >= 15 is 0 Å². The zero-order valence-electron chi connectivity index (χ0n) is 10.0. The van der Waals surface area contributed by atoms with Crippen molar-refractivity contribution in [2.24, 2.45) is 11.8 Å². The van der Waals surface area contributed by atoms with Gasteiger partial charge in [-0.25, -0.2) is 0 Å². The normalized spacial score (nSPS) is 29.2. The number of halogens is 1. The Labute approximate surface area is 108 Å². The van der Waals surface area contributed by atoms with Gasteiger partial charge in [0, 0.05) is 0 Å². The summed E-state index contributed by atoms with van der Waals surface area (Å²) in [6.07, 6.45) is 8.30. The van der Waals surface area contributed by atoms with Crippen LogP contribution in [0.4, 0.5) is 0 Å². The van der Waals surface area contributed by atoms with Gasteiger partial charge in [-0.2, -0.15) is 0 Å². The highest BCUT2D eigenvalue weighted by molar-refractivity contribution is 6.32. The van der Waals surface area contributed by atoms with E-state index in [4.69, 9.17) is 11.6 Å². The van der Waals surface area contributed by atoms with E-state index in [0.717, 1.165) is 11.8 Å². The van der Waals surface area contributed by atoms with Gasteiger partial charge in [0.2, 0.25) is 0 Å². The lowest BCUT2D eigenvalue weighted by molar-refractivity contribution is 0.296. The molecule has 0 aromatic heterocycles. The van der Waals surface area contributed by atoms with Crippen molar-refractivity contribution in [3.63, 3.8) is 0 Å². The number of phenolic OH excluding ortho intramolecular Hbond substituents is 1. The van der Waals surface area contributed by atoms with E-state index in [1.807, 2.05) is 12.1 Å². The second kappa shape index (κ2) is 4.53. The van der Waals surface area contributed by atoms with Crippen molar-refractivity contribution >= 4 is 11.6 Å². The smallest absolute Gasteiger partial charge is 0.134 e. The third-order valence-corrected chi connectivity index (χ3v) is 4.81. The van der Waals surface area contributed by atoms with E-state index in [1.54, 1.807) is 6.07 Å². The molecule has 0 bridgehead atoms. The zero-order valence-corrected chi connectivity index (χ0v) is 10.8. The summed E-state index contributed by atoms with van der Waals surface area (Å²) in [6.45, 7) is 0. The fourth-order valence-corrected chi connectivity index (χ4v) is 3.46. The molecule has 0 saturated heterocycles. The van der Waals surface area contributed by atoms with Crippen LogP contribution in [0.15, 0.2) is 18.2 Å². The minimum atomic E-state index is 0.196. The number of hydrogen-bond donors (Lipinski definition) is 1. The van der Waals surface area contributed by atoms with Crippen molar-refractivity contribution in [3.8, 4) is 5.75 Å². The van der Waals surface area contributed by atoms with Crippen LogP contribution in [-0.2, 0) is 0 Å². The molecule has 0 unspecified atom stereocenters. The molecule has 1 aromatic rings. The van der Waals surface area contributed by atoms with Crippen molar-refractivity contribution in [1.82, 2.24) is 0 Å². The van der Waals surface area contributed by atoms with Crippen LogP contribution in [-0.4, -0.2) is 5.11 Å². The Bertz CT molecular complexity index is 403. The third kappa shape index (κ3) is 2.44. The van der Waals surface area contributed by atoms with E-state index in [9.17, 15) is 5.11 Å². The Morgan fingerprint density at radius 3 is 2.06 bits per heavy atom. The second-order valence-electron chi connectivity index (χ2n) is 5.66. The minimum absolute atomic E-state index is 0.196. The van der Waals surface area contributed by atoms with Gasteiger partial charge in [-0.3, -0.25) is 0 Å². The van der Waals surface area contributed by atoms with E-state index in [2.05, 4.69) is 0 Å². The first-order valence-corrected chi connectivity index (χ1v) is 7.10. The molecule has 1 N–H and O–H groups in total. The first-order chi connectivity index (χ1) is 8.24. The van der Waals surface area contributed by atoms with Gasteiger partial charge in [0.1, 0.15) is 5.75 Å². The molecule has 0 atom stereocenters. The molecule has 17 heavy (non-hydrogen) atoms. The molecule has 1 nitrogen and oxygen atoms in total. The number of rotatable bonds is 2. The Hall–Kier alpha value is -0.690. The van der Waals surface area contributed by atoms with Crippen molar-refractivity contribution in [2.45, 2.75) is 44.4 Å². The number of benzene rings is 1. The summed E-state index contributed by atoms with van der Waals surface area (Å²) >= 11 is 5.97. The Balaban J connectivity index is 1.66. The van der Waals surface area contributed by atoms with E-state index in [0.29, 0.717) is 10.9 Å². The average Bonchev–Trinajstić information content (AvgIpc) is 3.17. The molecule has 0 heterocycles. The van der Waals surface area contributed by atoms with Gasteiger partial charge < -0.3 is 5.11 Å². The van der Waals surface area contributed by atoms with Gasteiger partial charge in [0.25, 0.3) is 0 Å². The van der Waals surface area contributed by atoms with Crippen LogP contribution in [0, 0.1) is 11.8 Å². The summed E-state index contributed by atoms with van der Waals surface area (Å²) in [5.41, 5.74) is 1.31. The molecule has 2 heteroatoms. The predicted octanol–water partition coefficient (Wildman–Crippen LogP) is 4.73.